The molecule has 2 heterocycles. The van der Waals surface area contributed by atoms with E-state index in [4.69, 9.17) is 9.47 Å². The van der Waals surface area contributed by atoms with E-state index < -0.39 is 5.60 Å². The number of fused-ring (bicyclic) bond motifs is 1. The lowest BCUT2D eigenvalue weighted by Gasteiger charge is -2.28. The summed E-state index contributed by atoms with van der Waals surface area (Å²) in [5.41, 5.74) is 4.95. The van der Waals surface area contributed by atoms with Crippen molar-refractivity contribution >= 4 is 6.09 Å². The molecule has 1 atom stereocenters. The molecule has 0 spiro atoms. The van der Waals surface area contributed by atoms with Crippen LogP contribution in [0.1, 0.15) is 49.9 Å². The van der Waals surface area contributed by atoms with Crippen LogP contribution in [0.15, 0.2) is 30.5 Å². The maximum Gasteiger partial charge on any atom is 0.407 e. The van der Waals surface area contributed by atoms with Gasteiger partial charge >= 0.3 is 6.09 Å². The first-order valence-electron chi connectivity index (χ1n) is 9.41. The van der Waals surface area contributed by atoms with E-state index in [9.17, 15) is 4.79 Å². The van der Waals surface area contributed by atoms with E-state index in [-0.39, 0.29) is 12.0 Å². The van der Waals surface area contributed by atoms with Crippen molar-refractivity contribution in [1.29, 1.82) is 0 Å². The van der Waals surface area contributed by atoms with Gasteiger partial charge in [0.15, 0.2) is 0 Å². The monoisotopic (exact) mass is 368 g/mol. The van der Waals surface area contributed by atoms with Crippen molar-refractivity contribution < 1.29 is 14.3 Å². The van der Waals surface area contributed by atoms with Gasteiger partial charge in [-0.25, -0.2) is 4.79 Å². The molecular weight excluding hydrogens is 340 g/mol. The Morgan fingerprint density at radius 3 is 2.81 bits per heavy atom. The van der Waals surface area contributed by atoms with Crippen molar-refractivity contribution in [2.45, 2.75) is 52.6 Å². The molecule has 1 aliphatic rings. The first-order chi connectivity index (χ1) is 12.7. The number of benzene rings is 1. The van der Waals surface area contributed by atoms with Crippen LogP contribution in [0.25, 0.3) is 11.1 Å². The zero-order valence-electron chi connectivity index (χ0n) is 16.8. The first kappa shape index (κ1) is 19.2. The Morgan fingerprint density at radius 2 is 2.07 bits per heavy atom. The van der Waals surface area contributed by atoms with Gasteiger partial charge in [0.1, 0.15) is 11.4 Å². The van der Waals surface area contributed by atoms with E-state index in [0.717, 1.165) is 40.1 Å². The normalized spacial score (nSPS) is 16.3. The SMILES string of the molecule is Cc1cc(-c2cccc3c2OCC[C@H]3CNC(=O)OC(C)(C)C)c(C)cn1. The molecule has 1 N–H and O–H groups in total. The van der Waals surface area contributed by atoms with Gasteiger partial charge in [0, 0.05) is 29.9 Å². The standard InChI is InChI=1S/C22H28N2O3/c1-14-12-23-15(2)11-19(14)18-8-6-7-17-16(9-10-26-20(17)18)13-24-21(25)27-22(3,4)5/h6-8,11-12,16H,9-10,13H2,1-5H3,(H,24,25)/t16-/m0/s1. The number of hydrogen-bond acceptors (Lipinski definition) is 4. The third kappa shape index (κ3) is 4.59. The van der Waals surface area contributed by atoms with E-state index in [0.29, 0.717) is 13.2 Å². The highest BCUT2D eigenvalue weighted by Crippen LogP contribution is 2.41. The molecule has 0 saturated heterocycles. The van der Waals surface area contributed by atoms with Crippen LogP contribution in [0, 0.1) is 13.8 Å². The molecule has 3 rings (SSSR count). The average Bonchev–Trinajstić information content (AvgIpc) is 2.60. The second kappa shape index (κ2) is 7.59. The van der Waals surface area contributed by atoms with Gasteiger partial charge in [-0.15, -0.1) is 0 Å². The van der Waals surface area contributed by atoms with Crippen molar-refractivity contribution in [3.63, 3.8) is 0 Å². The fourth-order valence-electron chi connectivity index (χ4n) is 3.36. The lowest BCUT2D eigenvalue weighted by Crippen LogP contribution is -2.35. The van der Waals surface area contributed by atoms with Crippen molar-refractivity contribution in [3.05, 3.63) is 47.3 Å². The zero-order chi connectivity index (χ0) is 19.6. The lowest BCUT2D eigenvalue weighted by molar-refractivity contribution is 0.0521. The summed E-state index contributed by atoms with van der Waals surface area (Å²) in [4.78, 5) is 16.4. The third-order valence-electron chi connectivity index (χ3n) is 4.62. The molecule has 27 heavy (non-hydrogen) atoms. The maximum atomic E-state index is 12.0. The number of carbonyl (C=O) groups excluding carboxylic acids is 1. The van der Waals surface area contributed by atoms with Gasteiger partial charge in [0.2, 0.25) is 0 Å². The number of nitrogens with one attached hydrogen (secondary N) is 1. The van der Waals surface area contributed by atoms with E-state index in [1.165, 1.54) is 0 Å². The van der Waals surface area contributed by atoms with Gasteiger partial charge in [-0.1, -0.05) is 18.2 Å². The topological polar surface area (TPSA) is 60.5 Å². The molecule has 0 aliphatic carbocycles. The third-order valence-corrected chi connectivity index (χ3v) is 4.62. The summed E-state index contributed by atoms with van der Waals surface area (Å²) < 4.78 is 11.4. The molecule has 1 amide bonds. The molecule has 1 aliphatic heterocycles. The molecule has 1 aromatic heterocycles. The number of pyridine rings is 1. The minimum Gasteiger partial charge on any atom is -0.493 e. The minimum absolute atomic E-state index is 0.199. The lowest BCUT2D eigenvalue weighted by atomic mass is 9.89. The molecule has 0 radical (unpaired) electrons. The Bertz CT molecular complexity index is 840. The van der Waals surface area contributed by atoms with Crippen LogP contribution in [0.4, 0.5) is 4.79 Å². The molecule has 0 unspecified atom stereocenters. The molecule has 1 aromatic carbocycles. The van der Waals surface area contributed by atoms with Crippen molar-refractivity contribution in [1.82, 2.24) is 10.3 Å². The summed E-state index contributed by atoms with van der Waals surface area (Å²) in [5.74, 6) is 1.11. The summed E-state index contributed by atoms with van der Waals surface area (Å²) in [6, 6.07) is 8.32. The fraction of sp³-hybridized carbons (Fsp3) is 0.455. The predicted molar refractivity (Wildman–Crippen MR) is 106 cm³/mol. The summed E-state index contributed by atoms with van der Waals surface area (Å²) in [6.07, 6.45) is 2.38. The first-order valence-corrected chi connectivity index (χ1v) is 9.41. The number of para-hydroxylation sites is 1. The highest BCUT2D eigenvalue weighted by atomic mass is 16.6. The van der Waals surface area contributed by atoms with Gasteiger partial charge < -0.3 is 14.8 Å². The number of rotatable bonds is 3. The Morgan fingerprint density at radius 1 is 1.30 bits per heavy atom. The van der Waals surface area contributed by atoms with Gasteiger partial charge in [-0.3, -0.25) is 4.98 Å². The summed E-state index contributed by atoms with van der Waals surface area (Å²) in [5, 5.41) is 2.90. The quantitative estimate of drug-likeness (QED) is 0.849. The van der Waals surface area contributed by atoms with E-state index >= 15 is 0 Å². The second-order valence-corrected chi connectivity index (χ2v) is 8.08. The molecule has 144 valence electrons. The van der Waals surface area contributed by atoms with E-state index in [2.05, 4.69) is 41.5 Å². The number of ether oxygens (including phenoxy) is 2. The Hall–Kier alpha value is -2.56. The molecular formula is C22H28N2O3. The molecule has 0 bridgehead atoms. The predicted octanol–water partition coefficient (Wildman–Crippen LogP) is 4.76. The Balaban J connectivity index is 1.85. The van der Waals surface area contributed by atoms with E-state index in [1.54, 1.807) is 0 Å². The van der Waals surface area contributed by atoms with Gasteiger partial charge in [-0.2, -0.15) is 0 Å². The Labute approximate surface area is 161 Å². The summed E-state index contributed by atoms with van der Waals surface area (Å²) in [7, 11) is 0. The van der Waals surface area contributed by atoms with Gasteiger partial charge in [0.05, 0.1) is 6.61 Å². The van der Waals surface area contributed by atoms with Crippen molar-refractivity contribution in [2.24, 2.45) is 0 Å². The Kier molecular flexibility index (Phi) is 5.40. The highest BCUT2D eigenvalue weighted by Gasteiger charge is 2.26. The maximum absolute atomic E-state index is 12.0. The van der Waals surface area contributed by atoms with Crippen LogP contribution in [0.2, 0.25) is 0 Å². The van der Waals surface area contributed by atoms with Crippen LogP contribution in [0.5, 0.6) is 5.75 Å². The smallest absolute Gasteiger partial charge is 0.407 e. The number of nitrogens with zero attached hydrogens (tertiary/aromatic N) is 1. The number of aryl methyl sites for hydroxylation is 2. The van der Waals surface area contributed by atoms with Crippen LogP contribution in [-0.4, -0.2) is 29.8 Å². The van der Waals surface area contributed by atoms with E-state index in [1.807, 2.05) is 33.9 Å². The van der Waals surface area contributed by atoms with Crippen molar-refractivity contribution in [3.8, 4) is 16.9 Å². The largest absolute Gasteiger partial charge is 0.493 e. The van der Waals surface area contributed by atoms with Gasteiger partial charge in [-0.05, 0) is 63.8 Å². The average molecular weight is 368 g/mol. The zero-order valence-corrected chi connectivity index (χ0v) is 16.8. The van der Waals surface area contributed by atoms with Crippen LogP contribution >= 0.6 is 0 Å². The number of carbonyl (C=O) groups is 1. The van der Waals surface area contributed by atoms with Gasteiger partial charge in [0.25, 0.3) is 0 Å². The number of alkyl carbamates (subject to hydrolysis) is 1. The molecule has 5 nitrogen and oxygen atoms in total. The minimum atomic E-state index is -0.498. The number of amides is 1. The second-order valence-electron chi connectivity index (χ2n) is 8.08. The number of aromatic nitrogens is 1. The van der Waals surface area contributed by atoms with Crippen LogP contribution < -0.4 is 10.1 Å². The molecule has 0 fully saturated rings. The van der Waals surface area contributed by atoms with Crippen molar-refractivity contribution in [2.75, 3.05) is 13.2 Å². The molecule has 0 saturated carbocycles. The summed E-state index contributed by atoms with van der Waals surface area (Å²) in [6.45, 7) is 10.8. The number of hydrogen-bond donors (Lipinski definition) is 1. The highest BCUT2D eigenvalue weighted by molar-refractivity contribution is 5.75. The molecule has 2 aromatic rings. The fourth-order valence-corrected chi connectivity index (χ4v) is 3.36. The molecule has 5 heteroatoms. The van der Waals surface area contributed by atoms with Crippen LogP contribution in [-0.2, 0) is 4.74 Å². The summed E-state index contributed by atoms with van der Waals surface area (Å²) >= 11 is 0. The van der Waals surface area contributed by atoms with Crippen LogP contribution in [0.3, 0.4) is 0 Å².